The van der Waals surface area contributed by atoms with Gasteiger partial charge >= 0.3 is 5.97 Å². The van der Waals surface area contributed by atoms with Gasteiger partial charge in [-0.2, -0.15) is 10.2 Å². The minimum atomic E-state index is -1.06. The van der Waals surface area contributed by atoms with Gasteiger partial charge in [0.05, 0.1) is 13.3 Å². The summed E-state index contributed by atoms with van der Waals surface area (Å²) in [5, 5.41) is 25.1. The van der Waals surface area contributed by atoms with Crippen LogP contribution in [0.3, 0.4) is 0 Å². The van der Waals surface area contributed by atoms with Crippen molar-refractivity contribution in [3.8, 4) is 11.5 Å². The number of hydrogen-bond donors (Lipinski definition) is 1. The lowest BCUT2D eigenvalue weighted by molar-refractivity contribution is -0.139. The highest BCUT2D eigenvalue weighted by Crippen LogP contribution is 2.28. The molecular formula is C19H18N4O4. The van der Waals surface area contributed by atoms with Gasteiger partial charge in [0.15, 0.2) is 23.9 Å². The Hall–Kier alpha value is -3.55. The molecule has 2 aromatic rings. The molecule has 1 heterocycles. The van der Waals surface area contributed by atoms with Crippen molar-refractivity contribution in [1.29, 1.82) is 0 Å². The van der Waals surface area contributed by atoms with Gasteiger partial charge < -0.3 is 14.6 Å². The molecule has 8 heteroatoms. The Morgan fingerprint density at radius 2 is 2.07 bits per heavy atom. The lowest BCUT2D eigenvalue weighted by atomic mass is 10.1. The Bertz CT molecular complexity index is 894. The van der Waals surface area contributed by atoms with Crippen LogP contribution >= 0.6 is 0 Å². The first kappa shape index (κ1) is 18.2. The van der Waals surface area contributed by atoms with Crippen molar-refractivity contribution in [3.05, 3.63) is 59.7 Å². The van der Waals surface area contributed by atoms with Crippen LogP contribution in [0.2, 0.25) is 0 Å². The van der Waals surface area contributed by atoms with Gasteiger partial charge in [0.2, 0.25) is 0 Å². The van der Waals surface area contributed by atoms with Gasteiger partial charge in [0, 0.05) is 6.42 Å². The molecule has 27 heavy (non-hydrogen) atoms. The molecule has 0 bridgehead atoms. The van der Waals surface area contributed by atoms with Crippen LogP contribution in [-0.2, 0) is 4.79 Å². The molecule has 0 aliphatic carbocycles. The summed E-state index contributed by atoms with van der Waals surface area (Å²) in [5.74, 6) is 0.266. The number of carboxylic acids is 1. The molecule has 1 atom stereocenters. The Balaban J connectivity index is 1.63. The van der Waals surface area contributed by atoms with Crippen LogP contribution in [-0.4, -0.2) is 36.8 Å². The number of azo groups is 1. The first-order valence-corrected chi connectivity index (χ1v) is 8.24. The van der Waals surface area contributed by atoms with Crippen molar-refractivity contribution >= 4 is 18.0 Å². The number of rotatable bonds is 7. The molecule has 1 aliphatic rings. The fraction of sp³-hybridized carbons (Fsp3) is 0.211. The van der Waals surface area contributed by atoms with Crippen molar-refractivity contribution in [2.75, 3.05) is 13.7 Å². The fourth-order valence-corrected chi connectivity index (χ4v) is 2.50. The van der Waals surface area contributed by atoms with Gasteiger partial charge in [0.25, 0.3) is 0 Å². The molecule has 0 spiro atoms. The minimum Gasteiger partial charge on any atom is -0.493 e. The average molecular weight is 366 g/mol. The van der Waals surface area contributed by atoms with E-state index in [0.717, 1.165) is 11.1 Å². The molecule has 2 aromatic carbocycles. The van der Waals surface area contributed by atoms with E-state index in [1.807, 2.05) is 30.3 Å². The maximum absolute atomic E-state index is 10.6. The predicted molar refractivity (Wildman–Crippen MR) is 99.8 cm³/mol. The zero-order chi connectivity index (χ0) is 19.1. The molecule has 0 amide bonds. The number of carbonyl (C=O) groups is 1. The highest BCUT2D eigenvalue weighted by atomic mass is 16.5. The normalized spacial score (nSPS) is 17.5. The number of aliphatic carboxylic acids is 1. The number of carboxylic acid groups (broad SMARTS) is 1. The molecule has 3 rings (SSSR count). The first-order valence-electron chi connectivity index (χ1n) is 8.24. The number of nitrogens with zero attached hydrogens (tertiary/aromatic N) is 4. The van der Waals surface area contributed by atoms with Crippen LogP contribution in [0.1, 0.15) is 23.6 Å². The SMILES string of the molecule is COc1cc(/C=N/N=C2\CC(c3ccccc3)N=N2)ccc1OCC(=O)O. The number of benzene rings is 2. The molecule has 0 saturated carbocycles. The summed E-state index contributed by atoms with van der Waals surface area (Å²) >= 11 is 0. The lowest BCUT2D eigenvalue weighted by Gasteiger charge is -2.09. The summed E-state index contributed by atoms with van der Waals surface area (Å²) in [7, 11) is 1.48. The number of hydrogen-bond acceptors (Lipinski definition) is 6. The van der Waals surface area contributed by atoms with E-state index >= 15 is 0 Å². The number of methoxy groups -OCH3 is 1. The van der Waals surface area contributed by atoms with Gasteiger partial charge in [-0.15, -0.1) is 10.2 Å². The number of ether oxygens (including phenoxy) is 2. The maximum Gasteiger partial charge on any atom is 0.341 e. The summed E-state index contributed by atoms with van der Waals surface area (Å²) in [6.45, 7) is -0.439. The van der Waals surface area contributed by atoms with E-state index in [9.17, 15) is 4.79 Å². The Labute approximate surface area is 155 Å². The van der Waals surface area contributed by atoms with Gasteiger partial charge in [0.1, 0.15) is 6.04 Å². The van der Waals surface area contributed by atoms with Crippen LogP contribution < -0.4 is 9.47 Å². The van der Waals surface area contributed by atoms with Crippen LogP contribution in [0.4, 0.5) is 0 Å². The molecule has 8 nitrogen and oxygen atoms in total. The molecule has 1 aliphatic heterocycles. The molecule has 138 valence electrons. The summed E-state index contributed by atoms with van der Waals surface area (Å²) < 4.78 is 10.4. The third-order valence-electron chi connectivity index (χ3n) is 3.79. The van der Waals surface area contributed by atoms with Gasteiger partial charge in [-0.25, -0.2) is 4.79 Å². The predicted octanol–water partition coefficient (Wildman–Crippen LogP) is 3.49. The zero-order valence-corrected chi connectivity index (χ0v) is 14.6. The highest BCUT2D eigenvalue weighted by molar-refractivity contribution is 5.86. The van der Waals surface area contributed by atoms with Gasteiger partial charge in [-0.05, 0) is 29.3 Å². The van der Waals surface area contributed by atoms with Crippen molar-refractivity contribution in [2.45, 2.75) is 12.5 Å². The second kappa shape index (κ2) is 8.70. The largest absolute Gasteiger partial charge is 0.493 e. The van der Waals surface area contributed by atoms with Crippen molar-refractivity contribution in [2.24, 2.45) is 20.4 Å². The Morgan fingerprint density at radius 3 is 2.81 bits per heavy atom. The van der Waals surface area contributed by atoms with E-state index in [0.29, 0.717) is 23.8 Å². The third kappa shape index (κ3) is 4.97. The number of amidine groups is 1. The summed E-state index contributed by atoms with van der Waals surface area (Å²) in [6, 6.07) is 14.9. The van der Waals surface area contributed by atoms with Crippen LogP contribution in [0.25, 0.3) is 0 Å². The van der Waals surface area contributed by atoms with E-state index in [1.165, 1.54) is 7.11 Å². The monoisotopic (exact) mass is 366 g/mol. The van der Waals surface area contributed by atoms with E-state index < -0.39 is 12.6 Å². The van der Waals surface area contributed by atoms with E-state index in [1.54, 1.807) is 24.4 Å². The maximum atomic E-state index is 10.6. The lowest BCUT2D eigenvalue weighted by Crippen LogP contribution is -2.10. The van der Waals surface area contributed by atoms with Crippen molar-refractivity contribution in [1.82, 2.24) is 0 Å². The summed E-state index contributed by atoms with van der Waals surface area (Å²) in [4.78, 5) is 10.6. The minimum absolute atomic E-state index is 0.0223. The molecule has 1 N–H and O–H groups in total. The Kier molecular flexibility index (Phi) is 5.88. The zero-order valence-electron chi connectivity index (χ0n) is 14.6. The topological polar surface area (TPSA) is 105 Å². The van der Waals surface area contributed by atoms with Crippen molar-refractivity contribution < 1.29 is 19.4 Å². The molecule has 1 unspecified atom stereocenters. The van der Waals surface area contributed by atoms with Crippen LogP contribution in [0, 0.1) is 0 Å². The van der Waals surface area contributed by atoms with E-state index in [4.69, 9.17) is 14.6 Å². The third-order valence-corrected chi connectivity index (χ3v) is 3.79. The average Bonchev–Trinajstić information content (AvgIpc) is 3.16. The van der Waals surface area contributed by atoms with Crippen LogP contribution in [0.5, 0.6) is 11.5 Å². The van der Waals surface area contributed by atoms with Gasteiger partial charge in [-0.3, -0.25) is 0 Å². The molecular weight excluding hydrogens is 348 g/mol. The smallest absolute Gasteiger partial charge is 0.341 e. The highest BCUT2D eigenvalue weighted by Gasteiger charge is 2.19. The van der Waals surface area contributed by atoms with E-state index in [-0.39, 0.29) is 6.04 Å². The molecule has 0 saturated heterocycles. The first-order chi connectivity index (χ1) is 13.2. The van der Waals surface area contributed by atoms with Gasteiger partial charge in [-0.1, -0.05) is 30.3 Å². The second-order valence-corrected chi connectivity index (χ2v) is 5.70. The van der Waals surface area contributed by atoms with E-state index in [2.05, 4.69) is 20.4 Å². The Morgan fingerprint density at radius 1 is 1.26 bits per heavy atom. The van der Waals surface area contributed by atoms with Crippen molar-refractivity contribution in [3.63, 3.8) is 0 Å². The van der Waals surface area contributed by atoms with Crippen LogP contribution in [0.15, 0.2) is 69.0 Å². The summed E-state index contributed by atoms with van der Waals surface area (Å²) in [6.07, 6.45) is 2.16. The fourth-order valence-electron chi connectivity index (χ4n) is 2.50. The second-order valence-electron chi connectivity index (χ2n) is 5.70. The molecule has 0 aromatic heterocycles. The molecule has 0 fully saturated rings. The quantitative estimate of drug-likeness (QED) is 0.598. The summed E-state index contributed by atoms with van der Waals surface area (Å²) in [5.41, 5.74) is 1.82. The molecule has 0 radical (unpaired) electrons. The standard InChI is InChI=1S/C19H18N4O4/c1-26-17-9-13(7-8-16(17)27-12-19(24)25)11-20-22-18-10-15(21-23-18)14-5-3-2-4-6-14/h2-9,11,15H,10,12H2,1H3,(H,24,25)/b20-11+,22-18+.